The van der Waals surface area contributed by atoms with Crippen LogP contribution in [-0.2, 0) is 10.2 Å². The predicted octanol–water partition coefficient (Wildman–Crippen LogP) is 3.90. The number of hydrogen-bond acceptors (Lipinski definition) is 4. The van der Waals surface area contributed by atoms with E-state index in [2.05, 4.69) is 32.2 Å². The molecule has 2 aliphatic heterocycles. The Hall–Kier alpha value is -2.07. The van der Waals surface area contributed by atoms with E-state index in [1.807, 2.05) is 31.3 Å². The number of nitrogens with one attached hydrogen (secondary N) is 1. The number of nitrogens with zero attached hydrogens (tertiary/aromatic N) is 3. The minimum atomic E-state index is -0.198. The molecule has 4 rings (SSSR count). The third-order valence-electron chi connectivity index (χ3n) is 6.72. The van der Waals surface area contributed by atoms with Gasteiger partial charge in [-0.25, -0.2) is 4.39 Å². The van der Waals surface area contributed by atoms with Crippen LogP contribution in [0.2, 0.25) is 0 Å². The fourth-order valence-corrected chi connectivity index (χ4v) is 4.68. The molecule has 8 heteroatoms. The molecule has 0 bridgehead atoms. The van der Waals surface area contributed by atoms with Crippen LogP contribution in [0.3, 0.4) is 0 Å². The molecule has 6 nitrogen and oxygen atoms in total. The minimum absolute atomic E-state index is 0. The zero-order valence-electron chi connectivity index (χ0n) is 19.4. The molecule has 0 aliphatic carbocycles. The number of benzene rings is 2. The number of methoxy groups -OCH3 is 1. The van der Waals surface area contributed by atoms with E-state index in [4.69, 9.17) is 9.47 Å². The molecule has 2 fully saturated rings. The van der Waals surface area contributed by atoms with Crippen LogP contribution >= 0.6 is 24.0 Å². The maximum atomic E-state index is 13.2. The number of rotatable bonds is 5. The first-order chi connectivity index (χ1) is 15.6. The van der Waals surface area contributed by atoms with Gasteiger partial charge in [0.1, 0.15) is 11.6 Å². The summed E-state index contributed by atoms with van der Waals surface area (Å²) in [5, 5.41) is 3.66. The smallest absolute Gasteiger partial charge is 0.193 e. The van der Waals surface area contributed by atoms with E-state index in [0.29, 0.717) is 0 Å². The number of aliphatic imine (C=N–C) groups is 1. The van der Waals surface area contributed by atoms with Gasteiger partial charge in [0, 0.05) is 64.1 Å². The SMILES string of the molecule is CN=C(NCC1(c2ccc(OC)cc2)CCOCC1)N1CCN(c2ccc(F)cc2)CC1.I. The molecule has 0 spiro atoms. The number of halogens is 2. The van der Waals surface area contributed by atoms with E-state index in [0.717, 1.165) is 76.2 Å². The van der Waals surface area contributed by atoms with Crippen molar-refractivity contribution in [3.63, 3.8) is 0 Å². The van der Waals surface area contributed by atoms with E-state index >= 15 is 0 Å². The lowest BCUT2D eigenvalue weighted by Crippen LogP contribution is -2.55. The monoisotopic (exact) mass is 568 g/mol. The van der Waals surface area contributed by atoms with Crippen LogP contribution < -0.4 is 15.0 Å². The molecular weight excluding hydrogens is 534 g/mol. The van der Waals surface area contributed by atoms with Crippen LogP contribution in [0.5, 0.6) is 5.75 Å². The van der Waals surface area contributed by atoms with Gasteiger partial charge < -0.3 is 24.6 Å². The van der Waals surface area contributed by atoms with Crippen LogP contribution in [0, 0.1) is 5.82 Å². The molecule has 2 aromatic rings. The summed E-state index contributed by atoms with van der Waals surface area (Å²) in [6.45, 7) is 5.85. The number of guanidine groups is 1. The average Bonchev–Trinajstić information content (AvgIpc) is 2.86. The highest BCUT2D eigenvalue weighted by molar-refractivity contribution is 14.0. The van der Waals surface area contributed by atoms with Gasteiger partial charge in [0.2, 0.25) is 0 Å². The van der Waals surface area contributed by atoms with Crippen molar-refractivity contribution in [2.24, 2.45) is 4.99 Å². The van der Waals surface area contributed by atoms with Gasteiger partial charge in [-0.2, -0.15) is 0 Å². The topological polar surface area (TPSA) is 49.3 Å². The second kappa shape index (κ2) is 11.9. The number of ether oxygens (including phenoxy) is 2. The van der Waals surface area contributed by atoms with Gasteiger partial charge in [0.15, 0.2) is 5.96 Å². The van der Waals surface area contributed by atoms with Crippen molar-refractivity contribution < 1.29 is 13.9 Å². The maximum absolute atomic E-state index is 13.2. The summed E-state index contributed by atoms with van der Waals surface area (Å²) in [5.41, 5.74) is 2.39. The van der Waals surface area contributed by atoms with Crippen molar-refractivity contribution in [3.8, 4) is 5.75 Å². The highest BCUT2D eigenvalue weighted by Gasteiger charge is 2.35. The lowest BCUT2D eigenvalue weighted by atomic mass is 9.74. The molecular formula is C25H34FIN4O2. The molecule has 0 aromatic heterocycles. The maximum Gasteiger partial charge on any atom is 0.193 e. The summed E-state index contributed by atoms with van der Waals surface area (Å²) in [6.07, 6.45) is 1.95. The van der Waals surface area contributed by atoms with Gasteiger partial charge in [-0.15, -0.1) is 24.0 Å². The van der Waals surface area contributed by atoms with E-state index < -0.39 is 0 Å². The Morgan fingerprint density at radius 3 is 2.24 bits per heavy atom. The molecule has 33 heavy (non-hydrogen) atoms. The van der Waals surface area contributed by atoms with E-state index in [1.54, 1.807) is 7.11 Å². The van der Waals surface area contributed by atoms with Gasteiger partial charge in [0.05, 0.1) is 7.11 Å². The van der Waals surface area contributed by atoms with E-state index in [1.165, 1.54) is 17.7 Å². The van der Waals surface area contributed by atoms with Crippen LogP contribution in [0.25, 0.3) is 0 Å². The summed E-state index contributed by atoms with van der Waals surface area (Å²) in [4.78, 5) is 9.17. The summed E-state index contributed by atoms with van der Waals surface area (Å²) in [5.74, 6) is 1.61. The average molecular weight is 568 g/mol. The quantitative estimate of drug-likeness (QED) is 0.337. The third kappa shape index (κ3) is 6.09. The second-order valence-corrected chi connectivity index (χ2v) is 8.47. The standard InChI is InChI=1S/C25H33FN4O2.HI/c1-27-24(30-15-13-29(14-16-30)22-7-5-21(26)6-8-22)28-19-25(11-17-32-18-12-25)20-3-9-23(31-2)10-4-20;/h3-10H,11-19H2,1-2H3,(H,27,28);1H. The molecule has 2 heterocycles. The molecule has 0 atom stereocenters. The molecule has 180 valence electrons. The molecule has 0 saturated carbocycles. The first-order valence-electron chi connectivity index (χ1n) is 11.3. The van der Waals surface area contributed by atoms with E-state index in [9.17, 15) is 4.39 Å². The van der Waals surface area contributed by atoms with Crippen molar-refractivity contribution in [2.45, 2.75) is 18.3 Å². The number of anilines is 1. The van der Waals surface area contributed by atoms with Gasteiger partial charge in [-0.3, -0.25) is 4.99 Å². The first-order valence-corrected chi connectivity index (χ1v) is 11.3. The number of piperazine rings is 1. The van der Waals surface area contributed by atoms with Gasteiger partial charge in [-0.1, -0.05) is 12.1 Å². The molecule has 1 N–H and O–H groups in total. The van der Waals surface area contributed by atoms with Crippen LogP contribution in [-0.4, -0.2) is 71.0 Å². The Labute approximate surface area is 213 Å². The summed E-state index contributed by atoms with van der Waals surface area (Å²) < 4.78 is 24.3. The van der Waals surface area contributed by atoms with Crippen LogP contribution in [0.4, 0.5) is 10.1 Å². The fraction of sp³-hybridized carbons (Fsp3) is 0.480. The highest BCUT2D eigenvalue weighted by Crippen LogP contribution is 2.35. The van der Waals surface area contributed by atoms with Crippen molar-refractivity contribution in [1.82, 2.24) is 10.2 Å². The largest absolute Gasteiger partial charge is 0.497 e. The summed E-state index contributed by atoms with van der Waals surface area (Å²) >= 11 is 0. The van der Waals surface area contributed by atoms with Gasteiger partial charge >= 0.3 is 0 Å². The van der Waals surface area contributed by atoms with Gasteiger partial charge in [-0.05, 0) is 54.8 Å². The Balaban J connectivity index is 0.00000306. The van der Waals surface area contributed by atoms with Crippen LogP contribution in [0.15, 0.2) is 53.5 Å². The molecule has 2 aliphatic rings. The van der Waals surface area contributed by atoms with Crippen molar-refractivity contribution in [2.75, 3.05) is 65.0 Å². The Bertz CT molecular complexity index is 894. The zero-order valence-corrected chi connectivity index (χ0v) is 21.8. The number of hydrogen-bond donors (Lipinski definition) is 1. The predicted molar refractivity (Wildman–Crippen MR) is 142 cm³/mol. The third-order valence-corrected chi connectivity index (χ3v) is 6.72. The van der Waals surface area contributed by atoms with Crippen molar-refractivity contribution in [3.05, 3.63) is 59.9 Å². The fourth-order valence-electron chi connectivity index (χ4n) is 4.68. The Morgan fingerprint density at radius 2 is 1.67 bits per heavy atom. The van der Waals surface area contributed by atoms with Crippen molar-refractivity contribution in [1.29, 1.82) is 0 Å². The van der Waals surface area contributed by atoms with Gasteiger partial charge in [0.25, 0.3) is 0 Å². The minimum Gasteiger partial charge on any atom is -0.497 e. The molecule has 0 unspecified atom stereocenters. The van der Waals surface area contributed by atoms with E-state index in [-0.39, 0.29) is 35.2 Å². The lowest BCUT2D eigenvalue weighted by molar-refractivity contribution is 0.0511. The lowest BCUT2D eigenvalue weighted by Gasteiger charge is -2.41. The Kier molecular flexibility index (Phi) is 9.19. The summed E-state index contributed by atoms with van der Waals surface area (Å²) in [7, 11) is 3.54. The Morgan fingerprint density at radius 1 is 1.03 bits per heavy atom. The molecule has 2 saturated heterocycles. The highest BCUT2D eigenvalue weighted by atomic mass is 127. The van der Waals surface area contributed by atoms with Crippen molar-refractivity contribution >= 4 is 35.6 Å². The summed E-state index contributed by atoms with van der Waals surface area (Å²) in [6, 6.07) is 15.2. The molecule has 0 radical (unpaired) electrons. The molecule has 0 amide bonds. The second-order valence-electron chi connectivity index (χ2n) is 8.47. The van der Waals surface area contributed by atoms with Crippen LogP contribution in [0.1, 0.15) is 18.4 Å². The zero-order chi connectivity index (χ0) is 22.4. The molecule has 2 aromatic carbocycles. The first kappa shape index (κ1) is 25.6. The normalized spacial score (nSPS) is 18.5.